The molecule has 0 bridgehead atoms. The summed E-state index contributed by atoms with van der Waals surface area (Å²) in [5, 5.41) is 7.19. The third-order valence-electron chi connectivity index (χ3n) is 2.16. The van der Waals surface area contributed by atoms with Gasteiger partial charge in [0.2, 0.25) is 0 Å². The molecule has 0 unspecified atom stereocenters. The Kier molecular flexibility index (Phi) is 3.24. The van der Waals surface area contributed by atoms with Crippen LogP contribution in [-0.2, 0) is 13.6 Å². The molecule has 2 aromatic rings. The fourth-order valence-electron chi connectivity index (χ4n) is 1.38. The van der Waals surface area contributed by atoms with E-state index in [9.17, 15) is 4.39 Å². The zero-order chi connectivity index (χ0) is 11.5. The van der Waals surface area contributed by atoms with Crippen molar-refractivity contribution in [3.63, 3.8) is 0 Å². The average molecular weight is 284 g/mol. The first kappa shape index (κ1) is 11.1. The van der Waals surface area contributed by atoms with Crippen molar-refractivity contribution in [1.29, 1.82) is 0 Å². The number of hydrogen-bond donors (Lipinski definition) is 1. The van der Waals surface area contributed by atoms with Gasteiger partial charge in [0.25, 0.3) is 0 Å². The van der Waals surface area contributed by atoms with E-state index in [4.69, 9.17) is 0 Å². The van der Waals surface area contributed by atoms with Gasteiger partial charge in [0.1, 0.15) is 5.82 Å². The highest BCUT2D eigenvalue weighted by Crippen LogP contribution is 2.19. The van der Waals surface area contributed by atoms with E-state index in [0.29, 0.717) is 12.2 Å². The minimum atomic E-state index is -0.273. The van der Waals surface area contributed by atoms with Crippen molar-refractivity contribution >= 4 is 21.6 Å². The maximum Gasteiger partial charge on any atom is 0.147 e. The summed E-state index contributed by atoms with van der Waals surface area (Å²) in [5.41, 5.74) is 1.36. The van der Waals surface area contributed by atoms with Gasteiger partial charge in [-0.05, 0) is 24.3 Å². The van der Waals surface area contributed by atoms with Crippen LogP contribution >= 0.6 is 15.9 Å². The minimum Gasteiger partial charge on any atom is -0.377 e. The lowest BCUT2D eigenvalue weighted by molar-refractivity contribution is 0.629. The number of aryl methyl sites for hydroxylation is 1. The van der Waals surface area contributed by atoms with Crippen molar-refractivity contribution in [1.82, 2.24) is 9.78 Å². The summed E-state index contributed by atoms with van der Waals surface area (Å²) < 4.78 is 15.9. The Labute approximate surface area is 101 Å². The van der Waals surface area contributed by atoms with Gasteiger partial charge >= 0.3 is 0 Å². The molecule has 3 nitrogen and oxygen atoms in total. The van der Waals surface area contributed by atoms with E-state index in [-0.39, 0.29) is 5.82 Å². The van der Waals surface area contributed by atoms with Gasteiger partial charge in [-0.15, -0.1) is 0 Å². The van der Waals surface area contributed by atoms with Gasteiger partial charge < -0.3 is 5.32 Å². The molecule has 84 valence electrons. The van der Waals surface area contributed by atoms with Crippen LogP contribution in [0.3, 0.4) is 0 Å². The highest BCUT2D eigenvalue weighted by molar-refractivity contribution is 9.10. The predicted molar refractivity (Wildman–Crippen MR) is 64.6 cm³/mol. The van der Waals surface area contributed by atoms with Crippen LogP contribution in [0.25, 0.3) is 0 Å². The first-order chi connectivity index (χ1) is 7.65. The molecule has 0 spiro atoms. The average Bonchev–Trinajstić information content (AvgIpc) is 2.63. The molecular weight excluding hydrogens is 273 g/mol. The van der Waals surface area contributed by atoms with E-state index in [2.05, 4.69) is 26.3 Å². The van der Waals surface area contributed by atoms with E-state index in [1.54, 1.807) is 16.8 Å². The van der Waals surface area contributed by atoms with E-state index in [1.165, 1.54) is 6.07 Å². The Morgan fingerprint density at radius 3 is 2.88 bits per heavy atom. The number of nitrogens with zero attached hydrogens (tertiary/aromatic N) is 2. The predicted octanol–water partition coefficient (Wildman–Crippen LogP) is 2.93. The smallest absolute Gasteiger partial charge is 0.147 e. The lowest BCUT2D eigenvalue weighted by Gasteiger charge is -2.05. The summed E-state index contributed by atoms with van der Waals surface area (Å²) in [5.74, 6) is -0.273. The molecule has 0 aliphatic rings. The van der Waals surface area contributed by atoms with E-state index in [0.717, 1.165) is 10.2 Å². The quantitative estimate of drug-likeness (QED) is 0.939. The van der Waals surface area contributed by atoms with Crippen LogP contribution in [0.15, 0.2) is 34.9 Å². The number of nitrogens with one attached hydrogen (secondary N) is 1. The Morgan fingerprint density at radius 1 is 1.44 bits per heavy atom. The lowest BCUT2D eigenvalue weighted by atomic mass is 10.3. The molecule has 1 N–H and O–H groups in total. The first-order valence-electron chi connectivity index (χ1n) is 4.82. The normalized spacial score (nSPS) is 10.4. The zero-order valence-corrected chi connectivity index (χ0v) is 10.3. The maximum atomic E-state index is 13.4. The van der Waals surface area contributed by atoms with Crippen molar-refractivity contribution in [2.24, 2.45) is 7.05 Å². The molecule has 0 saturated heterocycles. The number of rotatable bonds is 3. The molecule has 0 atom stereocenters. The molecule has 1 aromatic carbocycles. The second-order valence-corrected chi connectivity index (χ2v) is 4.37. The second kappa shape index (κ2) is 4.65. The highest BCUT2D eigenvalue weighted by Gasteiger charge is 2.03. The third kappa shape index (κ3) is 2.61. The van der Waals surface area contributed by atoms with Gasteiger partial charge in [-0.25, -0.2) is 4.39 Å². The molecule has 16 heavy (non-hydrogen) atoms. The molecule has 0 amide bonds. The van der Waals surface area contributed by atoms with Crippen LogP contribution in [0.4, 0.5) is 10.1 Å². The topological polar surface area (TPSA) is 29.9 Å². The number of hydrogen-bond acceptors (Lipinski definition) is 2. The highest BCUT2D eigenvalue weighted by atomic mass is 79.9. The summed E-state index contributed by atoms with van der Waals surface area (Å²) in [7, 11) is 1.85. The van der Waals surface area contributed by atoms with Gasteiger partial charge in [0, 0.05) is 17.7 Å². The fourth-order valence-corrected chi connectivity index (χ4v) is 1.71. The zero-order valence-electron chi connectivity index (χ0n) is 8.74. The number of benzene rings is 1. The van der Waals surface area contributed by atoms with Crippen LogP contribution in [0.5, 0.6) is 0 Å². The lowest BCUT2D eigenvalue weighted by Crippen LogP contribution is -2.02. The number of halogens is 2. The van der Waals surface area contributed by atoms with Gasteiger partial charge in [-0.1, -0.05) is 15.9 Å². The van der Waals surface area contributed by atoms with Crippen LogP contribution in [0.1, 0.15) is 5.69 Å². The standard InChI is InChI=1S/C11H11BrFN3/c1-16-5-4-9(15-16)7-14-11-3-2-8(12)6-10(11)13/h2-6,14H,7H2,1H3. The molecule has 1 aromatic heterocycles. The minimum absolute atomic E-state index is 0.273. The summed E-state index contributed by atoms with van der Waals surface area (Å²) in [6, 6.07) is 6.82. The van der Waals surface area contributed by atoms with Crippen LogP contribution in [0, 0.1) is 5.82 Å². The third-order valence-corrected chi connectivity index (χ3v) is 2.65. The van der Waals surface area contributed by atoms with Crippen molar-refractivity contribution in [2.75, 3.05) is 5.32 Å². The number of anilines is 1. The van der Waals surface area contributed by atoms with Crippen molar-refractivity contribution in [3.8, 4) is 0 Å². The van der Waals surface area contributed by atoms with Crippen LogP contribution in [-0.4, -0.2) is 9.78 Å². The molecule has 0 radical (unpaired) electrons. The fraction of sp³-hybridized carbons (Fsp3) is 0.182. The summed E-state index contributed by atoms with van der Waals surface area (Å²) in [4.78, 5) is 0. The van der Waals surface area contributed by atoms with Gasteiger partial charge in [-0.2, -0.15) is 5.10 Å². The molecule has 0 fully saturated rings. The van der Waals surface area contributed by atoms with Gasteiger partial charge in [-0.3, -0.25) is 4.68 Å². The van der Waals surface area contributed by atoms with Crippen molar-refractivity contribution in [3.05, 3.63) is 46.4 Å². The molecule has 5 heteroatoms. The van der Waals surface area contributed by atoms with Crippen LogP contribution < -0.4 is 5.32 Å². The van der Waals surface area contributed by atoms with Gasteiger partial charge in [0.05, 0.1) is 17.9 Å². The summed E-state index contributed by atoms with van der Waals surface area (Å²) in [6.45, 7) is 0.513. The Morgan fingerprint density at radius 2 is 2.25 bits per heavy atom. The van der Waals surface area contributed by atoms with Crippen molar-refractivity contribution < 1.29 is 4.39 Å². The monoisotopic (exact) mass is 283 g/mol. The second-order valence-electron chi connectivity index (χ2n) is 3.46. The summed E-state index contributed by atoms with van der Waals surface area (Å²) >= 11 is 3.21. The molecule has 1 heterocycles. The Balaban J connectivity index is 2.04. The van der Waals surface area contributed by atoms with Crippen molar-refractivity contribution in [2.45, 2.75) is 6.54 Å². The maximum absolute atomic E-state index is 13.4. The van der Waals surface area contributed by atoms with E-state index < -0.39 is 0 Å². The molecule has 0 aliphatic heterocycles. The van der Waals surface area contributed by atoms with E-state index in [1.807, 2.05) is 19.3 Å². The largest absolute Gasteiger partial charge is 0.377 e. The Hall–Kier alpha value is -1.36. The van der Waals surface area contributed by atoms with E-state index >= 15 is 0 Å². The van der Waals surface area contributed by atoms with Crippen LogP contribution in [0.2, 0.25) is 0 Å². The summed E-state index contributed by atoms with van der Waals surface area (Å²) in [6.07, 6.45) is 1.86. The molecular formula is C11H11BrFN3. The number of aromatic nitrogens is 2. The Bertz CT molecular complexity index is 496. The SMILES string of the molecule is Cn1ccc(CNc2ccc(Br)cc2F)n1. The van der Waals surface area contributed by atoms with Gasteiger partial charge in [0.15, 0.2) is 0 Å². The molecule has 0 aliphatic carbocycles. The molecule has 2 rings (SSSR count). The molecule has 0 saturated carbocycles. The first-order valence-corrected chi connectivity index (χ1v) is 5.62.